The average Bonchev–Trinajstić information content (AvgIpc) is 2.99. The third-order valence-corrected chi connectivity index (χ3v) is 7.13. The molecule has 8 heteroatoms. The Morgan fingerprint density at radius 1 is 1.04 bits per heavy atom. The minimum Gasteiger partial charge on any atom is -0.326 e. The predicted molar refractivity (Wildman–Crippen MR) is 103 cm³/mol. The predicted octanol–water partition coefficient (Wildman–Crippen LogP) is 2.23. The van der Waals surface area contributed by atoms with Crippen LogP contribution >= 0.6 is 0 Å². The van der Waals surface area contributed by atoms with Crippen LogP contribution in [0.15, 0.2) is 58.4 Å². The molecule has 1 amide bonds. The lowest BCUT2D eigenvalue weighted by molar-refractivity contribution is -0.115. The van der Waals surface area contributed by atoms with Crippen LogP contribution in [0.25, 0.3) is 0 Å². The number of nitrogens with one attached hydrogen (secondary N) is 1. The molecule has 2 aromatic carbocycles. The van der Waals surface area contributed by atoms with Crippen LogP contribution in [0.2, 0.25) is 0 Å². The lowest BCUT2D eigenvalue weighted by Gasteiger charge is -2.36. The molecule has 0 aliphatic carbocycles. The third-order valence-electron chi connectivity index (χ3n) is 5.21. The van der Waals surface area contributed by atoms with E-state index in [2.05, 4.69) is 10.3 Å². The third kappa shape index (κ3) is 3.33. The van der Waals surface area contributed by atoms with Crippen LogP contribution in [0, 0.1) is 12.7 Å². The number of piperidine rings is 1. The Labute approximate surface area is 163 Å². The van der Waals surface area contributed by atoms with Crippen molar-refractivity contribution in [3.8, 4) is 0 Å². The van der Waals surface area contributed by atoms with Gasteiger partial charge in [0.2, 0.25) is 10.0 Å². The summed E-state index contributed by atoms with van der Waals surface area (Å²) in [6, 6.07) is 12.4. The number of halogens is 1. The zero-order chi connectivity index (χ0) is 19.9. The molecule has 0 bridgehead atoms. The maximum atomic E-state index is 13.1. The van der Waals surface area contributed by atoms with Gasteiger partial charge in [0.25, 0.3) is 5.91 Å². The van der Waals surface area contributed by atoms with Gasteiger partial charge in [0.1, 0.15) is 17.2 Å². The van der Waals surface area contributed by atoms with Crippen molar-refractivity contribution in [2.24, 2.45) is 4.99 Å². The highest BCUT2D eigenvalue weighted by molar-refractivity contribution is 7.89. The molecule has 0 aromatic heterocycles. The summed E-state index contributed by atoms with van der Waals surface area (Å²) < 4.78 is 40.0. The number of hydrogen-bond acceptors (Lipinski definition) is 4. The van der Waals surface area contributed by atoms with Crippen molar-refractivity contribution in [2.75, 3.05) is 13.1 Å². The Hall–Kier alpha value is -2.58. The Kier molecular flexibility index (Phi) is 4.55. The van der Waals surface area contributed by atoms with E-state index in [1.165, 1.54) is 16.4 Å². The molecule has 146 valence electrons. The molecule has 28 heavy (non-hydrogen) atoms. The average molecular weight is 401 g/mol. The molecule has 1 spiro atoms. The van der Waals surface area contributed by atoms with Gasteiger partial charge in [0.15, 0.2) is 0 Å². The molecule has 2 aromatic rings. The molecule has 2 heterocycles. The zero-order valence-corrected chi connectivity index (χ0v) is 16.2. The van der Waals surface area contributed by atoms with E-state index in [0.717, 1.165) is 23.3 Å². The first-order valence-electron chi connectivity index (χ1n) is 9.04. The smallest absolute Gasteiger partial charge is 0.272 e. The quantitative estimate of drug-likeness (QED) is 0.857. The van der Waals surface area contributed by atoms with Crippen molar-refractivity contribution in [1.29, 1.82) is 0 Å². The fraction of sp³-hybridized carbons (Fsp3) is 0.300. The summed E-state index contributed by atoms with van der Waals surface area (Å²) in [6.07, 6.45) is 0.767. The summed E-state index contributed by atoms with van der Waals surface area (Å²) in [7, 11) is -3.70. The normalized spacial score (nSPS) is 19.5. The zero-order valence-electron chi connectivity index (χ0n) is 15.4. The molecular weight excluding hydrogens is 381 g/mol. The number of benzene rings is 2. The number of nitrogens with zero attached hydrogens (tertiary/aromatic N) is 2. The van der Waals surface area contributed by atoms with Gasteiger partial charge in [-0.2, -0.15) is 4.31 Å². The van der Waals surface area contributed by atoms with Crippen LogP contribution in [0.5, 0.6) is 0 Å². The first-order chi connectivity index (χ1) is 13.3. The van der Waals surface area contributed by atoms with Crippen molar-refractivity contribution >= 4 is 21.6 Å². The lowest BCUT2D eigenvalue weighted by Crippen LogP contribution is -2.52. The SMILES string of the molecule is Cc1ccc(C2=NC3(CCN(S(=O)(=O)c4ccc(F)cc4)CC3)NC2=O)cc1. The van der Waals surface area contributed by atoms with E-state index in [4.69, 9.17) is 0 Å². The Bertz CT molecular complexity index is 1040. The van der Waals surface area contributed by atoms with Crippen LogP contribution in [-0.2, 0) is 14.8 Å². The number of hydrogen-bond donors (Lipinski definition) is 1. The number of sulfonamides is 1. The second-order valence-corrected chi connectivity index (χ2v) is 9.11. The molecule has 1 N–H and O–H groups in total. The topological polar surface area (TPSA) is 78.8 Å². The van der Waals surface area contributed by atoms with Gasteiger partial charge in [-0.1, -0.05) is 29.8 Å². The van der Waals surface area contributed by atoms with Crippen molar-refractivity contribution < 1.29 is 17.6 Å². The van der Waals surface area contributed by atoms with Crippen molar-refractivity contribution in [1.82, 2.24) is 9.62 Å². The fourth-order valence-electron chi connectivity index (χ4n) is 3.56. The van der Waals surface area contributed by atoms with Gasteiger partial charge in [-0.3, -0.25) is 9.79 Å². The highest BCUT2D eigenvalue weighted by Gasteiger charge is 2.44. The van der Waals surface area contributed by atoms with Gasteiger partial charge in [-0.05, 0) is 31.2 Å². The minimum absolute atomic E-state index is 0.0594. The molecule has 1 fully saturated rings. The molecule has 0 unspecified atom stereocenters. The highest BCUT2D eigenvalue weighted by atomic mass is 32.2. The van der Waals surface area contributed by atoms with Gasteiger partial charge in [0.05, 0.1) is 4.90 Å². The number of aliphatic imine (C=N–C) groups is 1. The number of amides is 1. The number of carbonyl (C=O) groups excluding carboxylic acids is 1. The van der Waals surface area contributed by atoms with Crippen molar-refractivity contribution in [2.45, 2.75) is 30.3 Å². The van der Waals surface area contributed by atoms with Crippen LogP contribution < -0.4 is 5.32 Å². The van der Waals surface area contributed by atoms with E-state index in [1.54, 1.807) is 0 Å². The van der Waals surface area contributed by atoms with Gasteiger partial charge in [0, 0.05) is 31.5 Å². The van der Waals surface area contributed by atoms with Gasteiger partial charge >= 0.3 is 0 Å². The van der Waals surface area contributed by atoms with Gasteiger partial charge in [-0.25, -0.2) is 12.8 Å². The summed E-state index contributed by atoms with van der Waals surface area (Å²) in [5, 5.41) is 2.94. The summed E-state index contributed by atoms with van der Waals surface area (Å²) in [5.41, 5.74) is 1.46. The number of rotatable bonds is 3. The Morgan fingerprint density at radius 3 is 2.25 bits per heavy atom. The molecule has 0 radical (unpaired) electrons. The molecule has 0 saturated carbocycles. The second-order valence-electron chi connectivity index (χ2n) is 7.17. The Balaban J connectivity index is 1.53. The molecule has 1 saturated heterocycles. The highest BCUT2D eigenvalue weighted by Crippen LogP contribution is 2.31. The van der Waals surface area contributed by atoms with Crippen LogP contribution in [0.4, 0.5) is 4.39 Å². The number of carbonyl (C=O) groups is 1. The van der Waals surface area contributed by atoms with Crippen LogP contribution in [0.3, 0.4) is 0 Å². The molecule has 2 aliphatic heterocycles. The van der Waals surface area contributed by atoms with Crippen molar-refractivity contribution in [3.63, 3.8) is 0 Å². The minimum atomic E-state index is -3.70. The summed E-state index contributed by atoms with van der Waals surface area (Å²) in [4.78, 5) is 17.2. The largest absolute Gasteiger partial charge is 0.326 e. The van der Waals surface area contributed by atoms with E-state index in [0.29, 0.717) is 18.6 Å². The van der Waals surface area contributed by atoms with Crippen LogP contribution in [-0.4, -0.2) is 43.1 Å². The second kappa shape index (κ2) is 6.79. The summed E-state index contributed by atoms with van der Waals surface area (Å²) in [6.45, 7) is 2.43. The Morgan fingerprint density at radius 2 is 1.64 bits per heavy atom. The summed E-state index contributed by atoms with van der Waals surface area (Å²) >= 11 is 0. The maximum Gasteiger partial charge on any atom is 0.272 e. The fourth-order valence-corrected chi connectivity index (χ4v) is 5.00. The molecule has 6 nitrogen and oxygen atoms in total. The molecule has 4 rings (SSSR count). The van der Waals surface area contributed by atoms with E-state index < -0.39 is 21.5 Å². The standard InChI is InChI=1S/C20H20FN3O3S/c1-14-2-4-15(5-3-14)18-19(25)23-20(22-18)10-12-24(13-11-20)28(26,27)17-8-6-16(21)7-9-17/h2-9H,10-13H2,1H3,(H,23,25). The van der Waals surface area contributed by atoms with E-state index in [-0.39, 0.29) is 23.9 Å². The van der Waals surface area contributed by atoms with E-state index in [9.17, 15) is 17.6 Å². The first-order valence-corrected chi connectivity index (χ1v) is 10.5. The monoisotopic (exact) mass is 401 g/mol. The summed E-state index contributed by atoms with van der Waals surface area (Å²) in [5.74, 6) is -0.720. The van der Waals surface area contributed by atoms with Gasteiger partial charge in [-0.15, -0.1) is 0 Å². The van der Waals surface area contributed by atoms with E-state index >= 15 is 0 Å². The maximum absolute atomic E-state index is 13.1. The van der Waals surface area contributed by atoms with E-state index in [1.807, 2.05) is 31.2 Å². The van der Waals surface area contributed by atoms with Crippen molar-refractivity contribution in [3.05, 3.63) is 65.5 Å². The lowest BCUT2D eigenvalue weighted by atomic mass is 10.00. The molecule has 0 atom stereocenters. The van der Waals surface area contributed by atoms with Gasteiger partial charge < -0.3 is 5.32 Å². The molecular formula is C20H20FN3O3S. The molecule has 2 aliphatic rings. The van der Waals surface area contributed by atoms with Crippen LogP contribution in [0.1, 0.15) is 24.0 Å². The number of aryl methyl sites for hydroxylation is 1. The first kappa shape index (κ1) is 18.8.